The van der Waals surface area contributed by atoms with Gasteiger partial charge in [0, 0.05) is 16.3 Å². The molecule has 5 nitrogen and oxygen atoms in total. The minimum absolute atomic E-state index is 0.296. The normalized spacial score (nSPS) is 11.0. The number of thiophene rings is 1. The van der Waals surface area contributed by atoms with Gasteiger partial charge >= 0.3 is 5.97 Å². The Morgan fingerprint density at radius 1 is 1.33 bits per heavy atom. The molecule has 2 rings (SSSR count). The number of thiazole rings is 1. The smallest absolute Gasteiger partial charge is 0.341 e. The summed E-state index contributed by atoms with van der Waals surface area (Å²) in [6, 6.07) is 0. The second kappa shape index (κ2) is 8.21. The highest BCUT2D eigenvalue weighted by Crippen LogP contribution is 2.34. The van der Waals surface area contributed by atoms with Crippen molar-refractivity contribution >= 4 is 45.6 Å². The summed E-state index contributed by atoms with van der Waals surface area (Å²) in [5.41, 5.74) is 2.14. The molecular formula is C17H20N2O3S2. The van der Waals surface area contributed by atoms with Crippen molar-refractivity contribution in [3.8, 4) is 0 Å². The summed E-state index contributed by atoms with van der Waals surface area (Å²) >= 11 is 2.92. The largest absolute Gasteiger partial charge is 0.462 e. The third kappa shape index (κ3) is 4.30. The first kappa shape index (κ1) is 18.4. The quantitative estimate of drug-likeness (QED) is 0.616. The number of anilines is 1. The second-order valence-corrected chi connectivity index (χ2v) is 7.32. The first-order valence-electron chi connectivity index (χ1n) is 7.66. The van der Waals surface area contributed by atoms with Crippen LogP contribution < -0.4 is 5.32 Å². The highest BCUT2D eigenvalue weighted by atomic mass is 32.1. The summed E-state index contributed by atoms with van der Waals surface area (Å²) in [6.45, 7) is 7.89. The van der Waals surface area contributed by atoms with Gasteiger partial charge in [0.25, 0.3) is 0 Å². The van der Waals surface area contributed by atoms with E-state index in [1.165, 1.54) is 28.7 Å². The molecule has 128 valence electrons. The summed E-state index contributed by atoms with van der Waals surface area (Å²) in [6.07, 6.45) is 3.79. The predicted octanol–water partition coefficient (Wildman–Crippen LogP) is 4.21. The first-order chi connectivity index (χ1) is 11.5. The van der Waals surface area contributed by atoms with Gasteiger partial charge in [0.15, 0.2) is 0 Å². The fourth-order valence-corrected chi connectivity index (χ4v) is 4.00. The van der Waals surface area contributed by atoms with Gasteiger partial charge in [0.1, 0.15) is 5.00 Å². The van der Waals surface area contributed by atoms with Gasteiger partial charge in [-0.05, 0) is 38.8 Å². The fourth-order valence-electron chi connectivity index (χ4n) is 2.28. The van der Waals surface area contributed by atoms with Crippen molar-refractivity contribution in [1.29, 1.82) is 0 Å². The maximum absolute atomic E-state index is 12.2. The van der Waals surface area contributed by atoms with E-state index in [2.05, 4.69) is 10.3 Å². The molecule has 24 heavy (non-hydrogen) atoms. The Hall–Kier alpha value is -1.99. The van der Waals surface area contributed by atoms with Gasteiger partial charge in [-0.1, -0.05) is 6.92 Å². The number of hydrogen-bond acceptors (Lipinski definition) is 6. The minimum atomic E-state index is -0.395. The molecule has 0 aliphatic carbocycles. The van der Waals surface area contributed by atoms with Crippen LogP contribution in [0, 0.1) is 13.8 Å². The molecule has 2 heterocycles. The molecule has 0 atom stereocenters. The van der Waals surface area contributed by atoms with Crippen molar-refractivity contribution in [3.63, 3.8) is 0 Å². The van der Waals surface area contributed by atoms with Crippen molar-refractivity contribution in [1.82, 2.24) is 4.98 Å². The Balaban J connectivity index is 2.20. The van der Waals surface area contributed by atoms with Crippen LogP contribution >= 0.6 is 22.7 Å². The number of ether oxygens (including phenoxy) is 1. The highest BCUT2D eigenvalue weighted by molar-refractivity contribution is 7.16. The van der Waals surface area contributed by atoms with Crippen molar-refractivity contribution in [3.05, 3.63) is 38.2 Å². The topological polar surface area (TPSA) is 68.3 Å². The molecule has 2 aromatic rings. The van der Waals surface area contributed by atoms with E-state index < -0.39 is 5.97 Å². The van der Waals surface area contributed by atoms with Crippen molar-refractivity contribution < 1.29 is 14.3 Å². The van der Waals surface area contributed by atoms with Crippen LogP contribution in [0.25, 0.3) is 6.08 Å². The predicted molar refractivity (Wildman–Crippen MR) is 98.9 cm³/mol. The van der Waals surface area contributed by atoms with Crippen LogP contribution in [-0.4, -0.2) is 23.5 Å². The maximum atomic E-state index is 12.2. The van der Waals surface area contributed by atoms with Crippen molar-refractivity contribution in [2.24, 2.45) is 0 Å². The number of rotatable bonds is 6. The molecule has 2 aromatic heterocycles. The molecule has 1 N–H and O–H groups in total. The van der Waals surface area contributed by atoms with E-state index in [0.717, 1.165) is 21.1 Å². The average Bonchev–Trinajstić information content (AvgIpc) is 3.08. The zero-order valence-corrected chi connectivity index (χ0v) is 15.8. The monoisotopic (exact) mass is 364 g/mol. The molecule has 0 aromatic carbocycles. The Kier molecular flexibility index (Phi) is 6.28. The molecule has 1 amide bonds. The second-order valence-electron chi connectivity index (χ2n) is 5.03. The summed E-state index contributed by atoms with van der Waals surface area (Å²) in [7, 11) is 0. The van der Waals surface area contributed by atoms with Crippen LogP contribution in [0.5, 0.6) is 0 Å². The van der Waals surface area contributed by atoms with Crippen molar-refractivity contribution in [2.75, 3.05) is 11.9 Å². The molecule has 0 bridgehead atoms. The number of carbonyl (C=O) groups excluding carboxylic acids is 2. The Bertz CT molecular complexity index is 775. The lowest BCUT2D eigenvalue weighted by Gasteiger charge is -2.06. The lowest BCUT2D eigenvalue weighted by atomic mass is 10.1. The lowest BCUT2D eigenvalue weighted by molar-refractivity contribution is -0.111. The molecule has 0 aliphatic rings. The van der Waals surface area contributed by atoms with E-state index in [4.69, 9.17) is 4.74 Å². The number of nitrogens with zero attached hydrogens (tertiary/aromatic N) is 1. The molecule has 0 radical (unpaired) electrons. The third-order valence-corrected chi connectivity index (χ3v) is 5.18. The third-order valence-electron chi connectivity index (χ3n) is 3.32. The molecule has 0 spiro atoms. The zero-order valence-electron chi connectivity index (χ0n) is 14.1. The Morgan fingerprint density at radius 3 is 2.67 bits per heavy atom. The van der Waals surface area contributed by atoms with Gasteiger partial charge in [0.2, 0.25) is 5.91 Å². The SMILES string of the molecule is CCOC(=O)c1c(NC(=O)/C=C/c2csc(C)n2)sc(C)c1CC. The lowest BCUT2D eigenvalue weighted by Crippen LogP contribution is -2.13. The van der Waals surface area contributed by atoms with Crippen LogP contribution in [0.2, 0.25) is 0 Å². The minimum Gasteiger partial charge on any atom is -0.462 e. The molecule has 0 fully saturated rings. The average molecular weight is 364 g/mol. The van der Waals surface area contributed by atoms with Gasteiger partial charge in [-0.25, -0.2) is 9.78 Å². The number of hydrogen-bond donors (Lipinski definition) is 1. The molecule has 0 saturated heterocycles. The van der Waals surface area contributed by atoms with E-state index in [9.17, 15) is 9.59 Å². The van der Waals surface area contributed by atoms with E-state index in [-0.39, 0.29) is 5.91 Å². The number of carbonyl (C=O) groups is 2. The van der Waals surface area contributed by atoms with E-state index in [1.54, 1.807) is 13.0 Å². The number of nitrogens with one attached hydrogen (secondary N) is 1. The van der Waals surface area contributed by atoms with Crippen LogP contribution in [0.4, 0.5) is 5.00 Å². The summed E-state index contributed by atoms with van der Waals surface area (Å²) < 4.78 is 5.13. The van der Waals surface area contributed by atoms with Crippen molar-refractivity contribution in [2.45, 2.75) is 34.1 Å². The van der Waals surface area contributed by atoms with Crippen LogP contribution in [0.15, 0.2) is 11.5 Å². The molecule has 0 saturated carbocycles. The number of aromatic nitrogens is 1. The number of amides is 1. The van der Waals surface area contributed by atoms with Gasteiger partial charge in [-0.2, -0.15) is 0 Å². The van der Waals surface area contributed by atoms with E-state index in [1.807, 2.05) is 26.2 Å². The summed E-state index contributed by atoms with van der Waals surface area (Å²) in [4.78, 5) is 29.7. The van der Waals surface area contributed by atoms with Crippen LogP contribution in [0.3, 0.4) is 0 Å². The van der Waals surface area contributed by atoms with Gasteiger partial charge in [-0.3, -0.25) is 4.79 Å². The van der Waals surface area contributed by atoms with Crippen LogP contribution in [0.1, 0.15) is 45.3 Å². The summed E-state index contributed by atoms with van der Waals surface area (Å²) in [5, 5.41) is 6.15. The summed E-state index contributed by atoms with van der Waals surface area (Å²) in [5.74, 6) is -0.691. The Labute approximate surface area is 149 Å². The standard InChI is InChI=1S/C17H20N2O3S2/c1-5-13-10(3)24-16(15(13)17(21)22-6-2)19-14(20)8-7-12-9-23-11(4)18-12/h7-9H,5-6H2,1-4H3,(H,19,20)/b8-7+. The number of esters is 1. The number of aryl methyl sites for hydroxylation is 2. The van der Waals surface area contributed by atoms with Gasteiger partial charge < -0.3 is 10.1 Å². The Morgan fingerprint density at radius 2 is 2.08 bits per heavy atom. The molecule has 7 heteroatoms. The maximum Gasteiger partial charge on any atom is 0.341 e. The highest BCUT2D eigenvalue weighted by Gasteiger charge is 2.22. The molecule has 0 aliphatic heterocycles. The van der Waals surface area contributed by atoms with Gasteiger partial charge in [-0.15, -0.1) is 22.7 Å². The van der Waals surface area contributed by atoms with E-state index >= 15 is 0 Å². The molecule has 0 unspecified atom stereocenters. The van der Waals surface area contributed by atoms with Crippen LogP contribution in [-0.2, 0) is 16.0 Å². The fraction of sp³-hybridized carbons (Fsp3) is 0.353. The van der Waals surface area contributed by atoms with E-state index in [0.29, 0.717) is 23.6 Å². The molecular weight excluding hydrogens is 344 g/mol. The first-order valence-corrected chi connectivity index (χ1v) is 9.36. The zero-order chi connectivity index (χ0) is 17.7. The van der Waals surface area contributed by atoms with Gasteiger partial charge in [0.05, 0.1) is 22.9 Å².